The Morgan fingerprint density at radius 3 is 2.42 bits per heavy atom. The molecule has 3 aromatic rings. The SMILES string of the molecule is COc1ccccc1-c1c(I)c(=O)[nH]c2c(C(C)(C)C)cccc12. The third kappa shape index (κ3) is 2.83. The van der Waals surface area contributed by atoms with Gasteiger partial charge in [-0.3, -0.25) is 4.79 Å². The van der Waals surface area contributed by atoms with E-state index in [0.29, 0.717) is 3.57 Å². The van der Waals surface area contributed by atoms with Crippen LogP contribution in [0.1, 0.15) is 26.3 Å². The van der Waals surface area contributed by atoms with Gasteiger partial charge in [-0.2, -0.15) is 0 Å². The smallest absolute Gasteiger partial charge is 0.262 e. The van der Waals surface area contributed by atoms with E-state index in [1.54, 1.807) is 7.11 Å². The molecule has 0 spiro atoms. The van der Waals surface area contributed by atoms with Gasteiger partial charge < -0.3 is 9.72 Å². The van der Waals surface area contributed by atoms with E-state index in [1.165, 1.54) is 0 Å². The van der Waals surface area contributed by atoms with Gasteiger partial charge in [0.2, 0.25) is 0 Å². The summed E-state index contributed by atoms with van der Waals surface area (Å²) in [5, 5.41) is 1.04. The van der Waals surface area contributed by atoms with Crippen molar-refractivity contribution in [2.75, 3.05) is 7.11 Å². The van der Waals surface area contributed by atoms with Crippen LogP contribution in [0.25, 0.3) is 22.0 Å². The zero-order chi connectivity index (χ0) is 17.5. The first kappa shape index (κ1) is 17.0. The number of fused-ring (bicyclic) bond motifs is 1. The lowest BCUT2D eigenvalue weighted by molar-refractivity contribution is 0.416. The summed E-state index contributed by atoms with van der Waals surface area (Å²) in [6, 6.07) is 14.0. The number of ether oxygens (including phenoxy) is 1. The molecule has 0 aliphatic carbocycles. The number of methoxy groups -OCH3 is 1. The monoisotopic (exact) mass is 433 g/mol. The molecule has 4 heteroatoms. The van der Waals surface area contributed by atoms with Crippen LogP contribution in [0.5, 0.6) is 5.75 Å². The first-order valence-corrected chi connectivity index (χ1v) is 8.91. The average molecular weight is 433 g/mol. The summed E-state index contributed by atoms with van der Waals surface area (Å²) in [7, 11) is 1.65. The minimum Gasteiger partial charge on any atom is -0.496 e. The van der Waals surface area contributed by atoms with Crippen LogP contribution in [-0.4, -0.2) is 12.1 Å². The minimum absolute atomic E-state index is 0.0622. The lowest BCUT2D eigenvalue weighted by atomic mass is 9.84. The number of benzene rings is 2. The second-order valence-corrected chi connectivity index (χ2v) is 7.90. The Bertz CT molecular complexity index is 968. The van der Waals surface area contributed by atoms with Gasteiger partial charge in [0, 0.05) is 16.5 Å². The van der Waals surface area contributed by atoms with E-state index in [2.05, 4.69) is 66.5 Å². The second-order valence-electron chi connectivity index (χ2n) is 6.82. The van der Waals surface area contributed by atoms with Gasteiger partial charge in [-0.15, -0.1) is 0 Å². The fraction of sp³-hybridized carbons (Fsp3) is 0.250. The van der Waals surface area contributed by atoms with Crippen LogP contribution in [0.2, 0.25) is 0 Å². The highest BCUT2D eigenvalue weighted by Gasteiger charge is 2.21. The molecule has 1 heterocycles. The van der Waals surface area contributed by atoms with Crippen LogP contribution in [0.15, 0.2) is 47.3 Å². The number of H-pyrrole nitrogens is 1. The number of aromatic amines is 1. The van der Waals surface area contributed by atoms with Gasteiger partial charge in [0.25, 0.3) is 5.56 Å². The topological polar surface area (TPSA) is 42.1 Å². The van der Waals surface area contributed by atoms with Crippen molar-refractivity contribution in [2.24, 2.45) is 0 Å². The maximum atomic E-state index is 12.6. The predicted octanol–water partition coefficient (Wildman–Crippen LogP) is 5.11. The van der Waals surface area contributed by atoms with Gasteiger partial charge >= 0.3 is 0 Å². The molecule has 1 aromatic heterocycles. The second kappa shape index (κ2) is 6.24. The Morgan fingerprint density at radius 2 is 1.75 bits per heavy atom. The number of hydrogen-bond acceptors (Lipinski definition) is 2. The van der Waals surface area contributed by atoms with E-state index < -0.39 is 0 Å². The standard InChI is InChI=1S/C20H20INO2/c1-20(2,3)14-10-7-9-13-16(17(21)19(23)22-18(13)14)12-8-5-6-11-15(12)24-4/h5-11H,1-4H3,(H,22,23). The molecule has 0 atom stereocenters. The Morgan fingerprint density at radius 1 is 1.04 bits per heavy atom. The van der Waals surface area contributed by atoms with Crippen LogP contribution in [0.3, 0.4) is 0 Å². The van der Waals surface area contributed by atoms with E-state index in [-0.39, 0.29) is 11.0 Å². The number of para-hydroxylation sites is 2. The largest absolute Gasteiger partial charge is 0.496 e. The maximum absolute atomic E-state index is 12.6. The third-order valence-corrected chi connectivity index (χ3v) is 5.20. The summed E-state index contributed by atoms with van der Waals surface area (Å²) in [5.74, 6) is 0.767. The quantitative estimate of drug-likeness (QED) is 0.571. The molecule has 0 aliphatic heterocycles. The molecular weight excluding hydrogens is 413 g/mol. The van der Waals surface area contributed by atoms with E-state index in [4.69, 9.17) is 4.74 Å². The average Bonchev–Trinajstić information content (AvgIpc) is 2.55. The zero-order valence-electron chi connectivity index (χ0n) is 14.2. The number of hydrogen-bond donors (Lipinski definition) is 1. The van der Waals surface area contributed by atoms with Gasteiger partial charge in [-0.1, -0.05) is 57.2 Å². The lowest BCUT2D eigenvalue weighted by Crippen LogP contribution is -2.17. The van der Waals surface area contributed by atoms with Gasteiger partial charge in [0.1, 0.15) is 5.75 Å². The molecule has 0 saturated carbocycles. The molecule has 24 heavy (non-hydrogen) atoms. The van der Waals surface area contributed by atoms with E-state index in [0.717, 1.165) is 33.3 Å². The molecular formula is C20H20INO2. The molecule has 2 aromatic carbocycles. The number of aromatic nitrogens is 1. The van der Waals surface area contributed by atoms with Crippen molar-refractivity contribution in [3.63, 3.8) is 0 Å². The summed E-state index contributed by atoms with van der Waals surface area (Å²) < 4.78 is 6.20. The first-order valence-electron chi connectivity index (χ1n) is 7.83. The van der Waals surface area contributed by atoms with Crippen LogP contribution in [0.4, 0.5) is 0 Å². The number of rotatable bonds is 2. The number of halogens is 1. The van der Waals surface area contributed by atoms with Gasteiger partial charge in [-0.05, 0) is 39.6 Å². The lowest BCUT2D eigenvalue weighted by Gasteiger charge is -2.22. The van der Waals surface area contributed by atoms with Crippen molar-refractivity contribution in [2.45, 2.75) is 26.2 Å². The summed E-state index contributed by atoms with van der Waals surface area (Å²) >= 11 is 2.12. The van der Waals surface area contributed by atoms with Crippen molar-refractivity contribution in [3.05, 3.63) is 62.0 Å². The van der Waals surface area contributed by atoms with Crippen molar-refractivity contribution in [3.8, 4) is 16.9 Å². The Labute approximate surface area is 155 Å². The van der Waals surface area contributed by atoms with Gasteiger partial charge in [0.15, 0.2) is 0 Å². The van der Waals surface area contributed by atoms with Crippen molar-refractivity contribution in [1.29, 1.82) is 0 Å². The Balaban J connectivity index is 2.49. The maximum Gasteiger partial charge on any atom is 0.262 e. The van der Waals surface area contributed by atoms with Crippen molar-refractivity contribution >= 4 is 33.5 Å². The fourth-order valence-electron chi connectivity index (χ4n) is 3.03. The summed E-state index contributed by atoms with van der Waals surface area (Å²) in [6.07, 6.45) is 0. The van der Waals surface area contributed by atoms with E-state index >= 15 is 0 Å². The highest BCUT2D eigenvalue weighted by Crippen LogP contribution is 2.38. The highest BCUT2D eigenvalue weighted by atomic mass is 127. The van der Waals surface area contributed by atoms with Gasteiger partial charge in [0.05, 0.1) is 16.2 Å². The molecule has 0 fully saturated rings. The van der Waals surface area contributed by atoms with Crippen LogP contribution in [0, 0.1) is 3.57 Å². The molecule has 0 unspecified atom stereocenters. The molecule has 0 aliphatic rings. The normalized spacial score (nSPS) is 11.7. The number of nitrogens with one attached hydrogen (secondary N) is 1. The summed E-state index contributed by atoms with van der Waals surface area (Å²) in [6.45, 7) is 6.46. The molecule has 0 saturated heterocycles. The van der Waals surface area contributed by atoms with E-state index in [1.807, 2.05) is 24.3 Å². The number of pyridine rings is 1. The summed E-state index contributed by atoms with van der Waals surface area (Å²) in [4.78, 5) is 15.7. The Hall–Kier alpha value is -1.82. The molecule has 124 valence electrons. The first-order chi connectivity index (χ1) is 11.3. The van der Waals surface area contributed by atoms with Gasteiger partial charge in [-0.25, -0.2) is 0 Å². The molecule has 3 nitrogen and oxygen atoms in total. The van der Waals surface area contributed by atoms with Crippen LogP contribution in [-0.2, 0) is 5.41 Å². The van der Waals surface area contributed by atoms with Crippen LogP contribution < -0.4 is 10.3 Å². The minimum atomic E-state index is -0.0688. The Kier molecular flexibility index (Phi) is 4.42. The predicted molar refractivity (Wildman–Crippen MR) is 108 cm³/mol. The van der Waals surface area contributed by atoms with Crippen molar-refractivity contribution < 1.29 is 4.74 Å². The van der Waals surface area contributed by atoms with Crippen molar-refractivity contribution in [1.82, 2.24) is 4.98 Å². The highest BCUT2D eigenvalue weighted by molar-refractivity contribution is 14.1. The molecule has 0 bridgehead atoms. The molecule has 1 N–H and O–H groups in total. The molecule has 0 amide bonds. The van der Waals surface area contributed by atoms with Crippen LogP contribution >= 0.6 is 22.6 Å². The third-order valence-electron chi connectivity index (χ3n) is 4.18. The fourth-order valence-corrected chi connectivity index (χ4v) is 3.75. The zero-order valence-corrected chi connectivity index (χ0v) is 16.4. The summed E-state index contributed by atoms with van der Waals surface area (Å²) in [5.41, 5.74) is 3.76. The van der Waals surface area contributed by atoms with E-state index in [9.17, 15) is 4.79 Å². The molecule has 3 rings (SSSR count). The molecule has 0 radical (unpaired) electrons.